The summed E-state index contributed by atoms with van der Waals surface area (Å²) in [6.07, 6.45) is 0.448. The monoisotopic (exact) mass is 283 g/mol. The van der Waals surface area contributed by atoms with Gasteiger partial charge in [0.1, 0.15) is 0 Å². The van der Waals surface area contributed by atoms with Gasteiger partial charge in [0.15, 0.2) is 9.84 Å². The van der Waals surface area contributed by atoms with E-state index in [1.807, 2.05) is 0 Å². The molecule has 1 aliphatic heterocycles. The summed E-state index contributed by atoms with van der Waals surface area (Å²) in [6.45, 7) is 1.76. The van der Waals surface area contributed by atoms with Gasteiger partial charge in [0.2, 0.25) is 0 Å². The summed E-state index contributed by atoms with van der Waals surface area (Å²) in [5, 5.41) is 2.79. The summed E-state index contributed by atoms with van der Waals surface area (Å²) in [5.41, 5.74) is 2.97. The maximum Gasteiger partial charge on any atom is 0.251 e. The lowest BCUT2D eigenvalue weighted by Gasteiger charge is -2.23. The number of nitrogen functional groups attached to an aromatic ring is 1. The number of nitrogens with one attached hydrogen (secondary N) is 2. The summed E-state index contributed by atoms with van der Waals surface area (Å²) < 4.78 is 22.9. The molecule has 0 aromatic heterocycles. The van der Waals surface area contributed by atoms with Crippen molar-refractivity contribution in [2.24, 2.45) is 5.84 Å². The second kappa shape index (κ2) is 4.82. The normalized spacial score (nSPS) is 24.9. The van der Waals surface area contributed by atoms with Crippen molar-refractivity contribution >= 4 is 21.4 Å². The van der Waals surface area contributed by atoms with Crippen molar-refractivity contribution in [3.63, 3.8) is 0 Å². The van der Waals surface area contributed by atoms with Gasteiger partial charge in [0.05, 0.1) is 17.0 Å². The average Bonchev–Trinajstić information content (AvgIpc) is 2.63. The minimum absolute atomic E-state index is 0.00577. The number of amides is 1. The van der Waals surface area contributed by atoms with Gasteiger partial charge in [-0.3, -0.25) is 10.6 Å². The second-order valence-electron chi connectivity index (χ2n) is 5.08. The molecule has 1 fully saturated rings. The Morgan fingerprint density at radius 1 is 1.32 bits per heavy atom. The fourth-order valence-corrected chi connectivity index (χ4v) is 4.27. The molecule has 2 rings (SSSR count). The first-order valence-corrected chi connectivity index (χ1v) is 7.75. The van der Waals surface area contributed by atoms with Gasteiger partial charge in [-0.2, -0.15) is 0 Å². The molecule has 1 heterocycles. The highest BCUT2D eigenvalue weighted by atomic mass is 32.2. The first-order valence-electron chi connectivity index (χ1n) is 5.93. The van der Waals surface area contributed by atoms with Crippen LogP contribution >= 0.6 is 0 Å². The van der Waals surface area contributed by atoms with Crippen LogP contribution in [0.2, 0.25) is 0 Å². The van der Waals surface area contributed by atoms with Gasteiger partial charge in [-0.25, -0.2) is 8.42 Å². The highest BCUT2D eigenvalue weighted by Crippen LogP contribution is 2.23. The molecule has 1 aliphatic rings. The van der Waals surface area contributed by atoms with Gasteiger partial charge >= 0.3 is 0 Å². The van der Waals surface area contributed by atoms with E-state index >= 15 is 0 Å². The van der Waals surface area contributed by atoms with E-state index in [1.165, 1.54) is 0 Å². The van der Waals surface area contributed by atoms with Crippen molar-refractivity contribution in [3.05, 3.63) is 29.8 Å². The van der Waals surface area contributed by atoms with Crippen molar-refractivity contribution in [1.82, 2.24) is 5.32 Å². The Morgan fingerprint density at radius 3 is 2.42 bits per heavy atom. The van der Waals surface area contributed by atoms with Crippen LogP contribution in [0.3, 0.4) is 0 Å². The van der Waals surface area contributed by atoms with Crippen molar-refractivity contribution in [2.75, 3.05) is 16.9 Å². The number of carbonyl (C=O) groups is 1. The van der Waals surface area contributed by atoms with Gasteiger partial charge in [-0.15, -0.1) is 0 Å². The molecule has 104 valence electrons. The molecule has 1 unspecified atom stereocenters. The van der Waals surface area contributed by atoms with Crippen molar-refractivity contribution in [2.45, 2.75) is 18.9 Å². The molecule has 1 amide bonds. The molecule has 1 aromatic carbocycles. The number of sulfone groups is 1. The van der Waals surface area contributed by atoms with Crippen molar-refractivity contribution in [1.29, 1.82) is 0 Å². The fraction of sp³-hybridized carbons (Fsp3) is 0.417. The summed E-state index contributed by atoms with van der Waals surface area (Å²) >= 11 is 0. The molecular weight excluding hydrogens is 266 g/mol. The molecule has 4 N–H and O–H groups in total. The smallest absolute Gasteiger partial charge is 0.251 e. The van der Waals surface area contributed by atoms with E-state index in [-0.39, 0.29) is 17.4 Å². The fourth-order valence-electron chi connectivity index (χ4n) is 2.17. The third-order valence-electron chi connectivity index (χ3n) is 3.23. The summed E-state index contributed by atoms with van der Waals surface area (Å²) in [4.78, 5) is 12.1. The van der Waals surface area contributed by atoms with E-state index in [0.29, 0.717) is 17.7 Å². The van der Waals surface area contributed by atoms with Crippen LogP contribution in [0.1, 0.15) is 23.7 Å². The predicted octanol–water partition coefficient (Wildman–Crippen LogP) is 0.279. The molecule has 0 saturated carbocycles. The van der Waals surface area contributed by atoms with Crippen LogP contribution in [-0.2, 0) is 9.84 Å². The quantitative estimate of drug-likeness (QED) is 0.546. The highest BCUT2D eigenvalue weighted by Gasteiger charge is 2.39. The highest BCUT2D eigenvalue weighted by molar-refractivity contribution is 7.91. The Kier molecular flexibility index (Phi) is 3.51. The maximum atomic E-state index is 12.1. The van der Waals surface area contributed by atoms with E-state index in [2.05, 4.69) is 10.7 Å². The Bertz CT molecular complexity index is 583. The number of hydrazine groups is 1. The Morgan fingerprint density at radius 2 is 1.95 bits per heavy atom. The van der Waals surface area contributed by atoms with Crippen LogP contribution in [-0.4, -0.2) is 31.4 Å². The molecule has 0 radical (unpaired) electrons. The number of carbonyl (C=O) groups excluding carboxylic acids is 1. The number of nitrogens with two attached hydrogens (primary N) is 1. The predicted molar refractivity (Wildman–Crippen MR) is 73.4 cm³/mol. The minimum Gasteiger partial charge on any atom is -0.346 e. The van der Waals surface area contributed by atoms with Gasteiger partial charge in [0, 0.05) is 11.3 Å². The first kappa shape index (κ1) is 13.8. The third-order valence-corrected chi connectivity index (χ3v) is 5.14. The number of hydrogen-bond acceptors (Lipinski definition) is 5. The topological polar surface area (TPSA) is 101 Å². The molecule has 0 aliphatic carbocycles. The first-order chi connectivity index (χ1) is 8.84. The average molecular weight is 283 g/mol. The standard InChI is InChI=1S/C12H17N3O3S/c1-12(6-7-19(17,18)8-12)14-11(16)9-2-4-10(15-13)5-3-9/h2-5,15H,6-8,13H2,1H3,(H,14,16). The Balaban J connectivity index is 2.08. The molecule has 1 atom stereocenters. The van der Waals surface area contributed by atoms with E-state index in [4.69, 9.17) is 5.84 Å². The molecule has 0 spiro atoms. The summed E-state index contributed by atoms with van der Waals surface area (Å²) in [5.74, 6) is 5.09. The van der Waals surface area contributed by atoms with Crippen LogP contribution in [0.25, 0.3) is 0 Å². The molecule has 6 nitrogen and oxygen atoms in total. The van der Waals surface area contributed by atoms with E-state index in [9.17, 15) is 13.2 Å². The molecular formula is C12H17N3O3S. The summed E-state index contributed by atoms with van der Waals surface area (Å²) in [7, 11) is -3.03. The van der Waals surface area contributed by atoms with Crippen LogP contribution in [0.5, 0.6) is 0 Å². The minimum atomic E-state index is -3.03. The van der Waals surface area contributed by atoms with Gasteiger partial charge < -0.3 is 10.7 Å². The van der Waals surface area contributed by atoms with Gasteiger partial charge in [-0.05, 0) is 37.6 Å². The summed E-state index contributed by atoms with van der Waals surface area (Å²) in [6, 6.07) is 6.64. The Labute approximate surface area is 112 Å². The SMILES string of the molecule is CC1(NC(=O)c2ccc(NN)cc2)CCS(=O)(=O)C1. The number of rotatable bonds is 3. The largest absolute Gasteiger partial charge is 0.346 e. The molecule has 1 aromatic rings. The lowest BCUT2D eigenvalue weighted by molar-refractivity contribution is 0.0915. The van der Waals surface area contributed by atoms with Crippen LogP contribution in [0, 0.1) is 0 Å². The zero-order valence-corrected chi connectivity index (χ0v) is 11.5. The molecule has 7 heteroatoms. The lowest BCUT2D eigenvalue weighted by atomic mass is 10.0. The van der Waals surface area contributed by atoms with E-state index in [1.54, 1.807) is 31.2 Å². The molecule has 19 heavy (non-hydrogen) atoms. The number of hydrogen-bond donors (Lipinski definition) is 3. The maximum absolute atomic E-state index is 12.1. The Hall–Kier alpha value is -1.60. The zero-order chi connectivity index (χ0) is 14.1. The zero-order valence-electron chi connectivity index (χ0n) is 10.6. The van der Waals surface area contributed by atoms with Crippen LogP contribution in [0.15, 0.2) is 24.3 Å². The van der Waals surface area contributed by atoms with Crippen LogP contribution in [0.4, 0.5) is 5.69 Å². The van der Waals surface area contributed by atoms with Crippen molar-refractivity contribution in [3.8, 4) is 0 Å². The lowest BCUT2D eigenvalue weighted by Crippen LogP contribution is -2.46. The van der Waals surface area contributed by atoms with Crippen LogP contribution < -0.4 is 16.6 Å². The van der Waals surface area contributed by atoms with E-state index < -0.39 is 15.4 Å². The molecule has 0 bridgehead atoms. The van der Waals surface area contributed by atoms with E-state index in [0.717, 1.165) is 0 Å². The second-order valence-corrected chi connectivity index (χ2v) is 7.26. The third kappa shape index (κ3) is 3.24. The van der Waals surface area contributed by atoms with Gasteiger partial charge in [0.25, 0.3) is 5.91 Å². The van der Waals surface area contributed by atoms with Gasteiger partial charge in [-0.1, -0.05) is 0 Å². The number of anilines is 1. The molecule has 1 saturated heterocycles. The number of benzene rings is 1. The van der Waals surface area contributed by atoms with Crippen molar-refractivity contribution < 1.29 is 13.2 Å².